The summed E-state index contributed by atoms with van der Waals surface area (Å²) in [5.74, 6) is 0.861. The lowest BCUT2D eigenvalue weighted by Gasteiger charge is -2.29. The van der Waals surface area contributed by atoms with Crippen LogP contribution in [0.25, 0.3) is 0 Å². The van der Waals surface area contributed by atoms with Gasteiger partial charge in [0.2, 0.25) is 0 Å². The van der Waals surface area contributed by atoms with Crippen LogP contribution >= 0.6 is 11.3 Å². The van der Waals surface area contributed by atoms with Crippen molar-refractivity contribution in [1.82, 2.24) is 5.32 Å². The van der Waals surface area contributed by atoms with Crippen molar-refractivity contribution in [2.75, 3.05) is 0 Å². The zero-order valence-corrected chi connectivity index (χ0v) is 10.6. The van der Waals surface area contributed by atoms with E-state index in [0.29, 0.717) is 0 Å². The highest BCUT2D eigenvalue weighted by atomic mass is 32.1. The summed E-state index contributed by atoms with van der Waals surface area (Å²) in [7, 11) is 0. The molecule has 1 aliphatic carbocycles. The molecule has 2 atom stereocenters. The Bertz CT molecular complexity index is 305. The van der Waals surface area contributed by atoms with E-state index in [1.807, 2.05) is 11.3 Å². The maximum absolute atomic E-state index is 3.71. The lowest BCUT2D eigenvalue weighted by atomic mass is 9.86. The van der Waals surface area contributed by atoms with Crippen LogP contribution in [-0.4, -0.2) is 6.04 Å². The second-order valence-electron chi connectivity index (χ2n) is 4.76. The van der Waals surface area contributed by atoms with E-state index in [-0.39, 0.29) is 0 Å². The maximum atomic E-state index is 3.71. The Labute approximate surface area is 96.9 Å². The summed E-state index contributed by atoms with van der Waals surface area (Å²) in [6.07, 6.45) is 5.61. The van der Waals surface area contributed by atoms with Gasteiger partial charge in [0.25, 0.3) is 0 Å². The predicted molar refractivity (Wildman–Crippen MR) is 67.3 cm³/mol. The number of hydrogen-bond donors (Lipinski definition) is 1. The molecule has 1 N–H and O–H groups in total. The average Bonchev–Trinajstić information content (AvgIpc) is 2.63. The normalized spacial score (nSPS) is 26.8. The summed E-state index contributed by atoms with van der Waals surface area (Å²) in [6.45, 7) is 5.63. The molecular weight excluding hydrogens is 202 g/mol. The molecule has 84 valence electrons. The molecule has 2 rings (SSSR count). The van der Waals surface area contributed by atoms with Crippen LogP contribution in [0.4, 0.5) is 0 Å². The zero-order chi connectivity index (χ0) is 10.7. The molecule has 2 heteroatoms. The molecule has 0 amide bonds. The van der Waals surface area contributed by atoms with Crippen molar-refractivity contribution in [2.45, 2.75) is 52.1 Å². The number of aryl methyl sites for hydroxylation is 1. The molecule has 0 spiro atoms. The van der Waals surface area contributed by atoms with Gasteiger partial charge < -0.3 is 5.32 Å². The minimum absolute atomic E-state index is 0.751. The van der Waals surface area contributed by atoms with Crippen LogP contribution in [0, 0.1) is 12.8 Å². The molecule has 2 unspecified atom stereocenters. The van der Waals surface area contributed by atoms with Gasteiger partial charge in [-0.15, -0.1) is 11.3 Å². The van der Waals surface area contributed by atoms with E-state index in [9.17, 15) is 0 Å². The first-order chi connectivity index (χ1) is 7.25. The Balaban J connectivity index is 1.81. The number of nitrogens with one attached hydrogen (secondary N) is 1. The highest BCUT2D eigenvalue weighted by Gasteiger charge is 2.20. The third-order valence-corrected chi connectivity index (χ3v) is 4.45. The van der Waals surface area contributed by atoms with Crippen LogP contribution in [0.3, 0.4) is 0 Å². The summed E-state index contributed by atoms with van der Waals surface area (Å²) in [6, 6.07) is 5.22. The fourth-order valence-corrected chi connectivity index (χ4v) is 3.27. The lowest BCUT2D eigenvalue weighted by Crippen LogP contribution is -2.36. The van der Waals surface area contributed by atoms with Crippen molar-refractivity contribution in [3.63, 3.8) is 0 Å². The minimum atomic E-state index is 0.751. The topological polar surface area (TPSA) is 12.0 Å². The molecule has 0 aliphatic heterocycles. The number of hydrogen-bond acceptors (Lipinski definition) is 2. The van der Waals surface area contributed by atoms with Gasteiger partial charge in [-0.2, -0.15) is 0 Å². The minimum Gasteiger partial charge on any atom is -0.309 e. The first-order valence-electron chi connectivity index (χ1n) is 6.04. The van der Waals surface area contributed by atoms with Gasteiger partial charge in [-0.3, -0.25) is 0 Å². The Morgan fingerprint density at radius 2 is 2.13 bits per heavy atom. The number of thiophene rings is 1. The third kappa shape index (κ3) is 3.05. The van der Waals surface area contributed by atoms with Crippen LogP contribution in [-0.2, 0) is 6.54 Å². The Hall–Kier alpha value is -0.340. The van der Waals surface area contributed by atoms with Crippen molar-refractivity contribution >= 4 is 11.3 Å². The van der Waals surface area contributed by atoms with Gasteiger partial charge >= 0.3 is 0 Å². The molecule has 1 aromatic rings. The molecule has 1 aliphatic rings. The summed E-state index contributed by atoms with van der Waals surface area (Å²) in [5.41, 5.74) is 0. The SMILES string of the molecule is Cc1ccc(CNC2CCCCC2C)s1. The molecule has 1 nitrogen and oxygen atoms in total. The van der Waals surface area contributed by atoms with Crippen LogP contribution in [0.15, 0.2) is 12.1 Å². The molecule has 1 fully saturated rings. The first-order valence-corrected chi connectivity index (χ1v) is 6.86. The van der Waals surface area contributed by atoms with Crippen LogP contribution in [0.2, 0.25) is 0 Å². The maximum Gasteiger partial charge on any atom is 0.0302 e. The van der Waals surface area contributed by atoms with Crippen LogP contribution in [0.5, 0.6) is 0 Å². The largest absolute Gasteiger partial charge is 0.309 e. The van der Waals surface area contributed by atoms with E-state index in [2.05, 4.69) is 31.3 Å². The highest BCUT2D eigenvalue weighted by Crippen LogP contribution is 2.24. The Kier molecular flexibility index (Phi) is 3.81. The summed E-state index contributed by atoms with van der Waals surface area (Å²) >= 11 is 1.92. The molecule has 0 aromatic carbocycles. The summed E-state index contributed by atoms with van der Waals surface area (Å²) in [4.78, 5) is 2.90. The monoisotopic (exact) mass is 223 g/mol. The second-order valence-corrected chi connectivity index (χ2v) is 6.13. The van der Waals surface area contributed by atoms with Crippen molar-refractivity contribution in [1.29, 1.82) is 0 Å². The fourth-order valence-electron chi connectivity index (χ4n) is 2.43. The molecule has 1 aromatic heterocycles. The molecule has 0 saturated heterocycles. The van der Waals surface area contributed by atoms with Crippen molar-refractivity contribution in [2.24, 2.45) is 5.92 Å². The quantitative estimate of drug-likeness (QED) is 0.823. The molecule has 0 bridgehead atoms. The van der Waals surface area contributed by atoms with Gasteiger partial charge in [-0.25, -0.2) is 0 Å². The number of rotatable bonds is 3. The van der Waals surface area contributed by atoms with Crippen molar-refractivity contribution < 1.29 is 0 Å². The van der Waals surface area contributed by atoms with Gasteiger partial charge in [0.05, 0.1) is 0 Å². The molecule has 1 heterocycles. The third-order valence-electron chi connectivity index (χ3n) is 3.45. The van der Waals surface area contributed by atoms with E-state index in [0.717, 1.165) is 18.5 Å². The molecule has 1 saturated carbocycles. The fraction of sp³-hybridized carbons (Fsp3) is 0.692. The van der Waals surface area contributed by atoms with Gasteiger partial charge in [-0.05, 0) is 37.8 Å². The van der Waals surface area contributed by atoms with Crippen molar-refractivity contribution in [3.05, 3.63) is 21.9 Å². The highest BCUT2D eigenvalue weighted by molar-refractivity contribution is 7.11. The van der Waals surface area contributed by atoms with E-state index in [4.69, 9.17) is 0 Å². The zero-order valence-electron chi connectivity index (χ0n) is 9.75. The van der Waals surface area contributed by atoms with Crippen LogP contribution < -0.4 is 5.32 Å². The molecule has 0 radical (unpaired) electrons. The van der Waals surface area contributed by atoms with Gasteiger partial charge in [0, 0.05) is 22.3 Å². The van der Waals surface area contributed by atoms with Gasteiger partial charge in [0.1, 0.15) is 0 Å². The van der Waals surface area contributed by atoms with E-state index < -0.39 is 0 Å². The van der Waals surface area contributed by atoms with Gasteiger partial charge in [-0.1, -0.05) is 19.8 Å². The first kappa shape index (κ1) is 11.2. The van der Waals surface area contributed by atoms with Crippen LogP contribution in [0.1, 0.15) is 42.4 Å². The van der Waals surface area contributed by atoms with E-state index in [1.165, 1.54) is 35.4 Å². The smallest absolute Gasteiger partial charge is 0.0302 e. The van der Waals surface area contributed by atoms with E-state index >= 15 is 0 Å². The lowest BCUT2D eigenvalue weighted by molar-refractivity contribution is 0.280. The Morgan fingerprint density at radius 1 is 1.33 bits per heavy atom. The standard InChI is InChI=1S/C13H21NS/c1-10-5-3-4-6-13(10)14-9-12-8-7-11(2)15-12/h7-8,10,13-14H,3-6,9H2,1-2H3. The molecule has 15 heavy (non-hydrogen) atoms. The van der Waals surface area contributed by atoms with E-state index in [1.54, 1.807) is 0 Å². The van der Waals surface area contributed by atoms with Gasteiger partial charge in [0.15, 0.2) is 0 Å². The predicted octanol–water partition coefficient (Wildman–Crippen LogP) is 3.72. The summed E-state index contributed by atoms with van der Waals surface area (Å²) in [5, 5.41) is 3.71. The van der Waals surface area contributed by atoms with Crippen molar-refractivity contribution in [3.8, 4) is 0 Å². The molecular formula is C13H21NS. The average molecular weight is 223 g/mol. The second kappa shape index (κ2) is 5.13. The Morgan fingerprint density at radius 3 is 2.80 bits per heavy atom. The summed E-state index contributed by atoms with van der Waals surface area (Å²) < 4.78 is 0.